The molecule has 4 fully saturated rings. The van der Waals surface area contributed by atoms with Crippen LogP contribution in [0.4, 0.5) is 34.1 Å². The molecule has 0 spiro atoms. The molecule has 2 nitrogen and oxygen atoms in total. The monoisotopic (exact) mass is 1220 g/mol. The van der Waals surface area contributed by atoms with Crippen molar-refractivity contribution in [1.82, 2.24) is 0 Å². The van der Waals surface area contributed by atoms with Crippen molar-refractivity contribution >= 4 is 92.5 Å². The van der Waals surface area contributed by atoms with E-state index in [2.05, 4.69) is 291 Å². The molecule has 0 heterocycles. The first-order valence-electron chi connectivity index (χ1n) is 35.4. The highest BCUT2D eigenvalue weighted by atomic mass is 15.2. The van der Waals surface area contributed by atoms with Gasteiger partial charge in [0.2, 0.25) is 0 Å². The Hall–Kier alpha value is -9.50. The van der Waals surface area contributed by atoms with Gasteiger partial charge in [0.1, 0.15) is 0 Å². The lowest BCUT2D eigenvalue weighted by atomic mass is 9.91. The molecule has 0 aliphatic heterocycles. The molecule has 10 aromatic carbocycles. The SMILES string of the molecule is Cc1ccc(N(c2ccc(C=C(c3ccc(C=C4CCCCC4)cc3)c3ccc(C=C4CCCCC4)cc3)cc2)c2ccc(N(c3ccc(C)cc3)c3ccc(C=C(c4ccc(C=C5CCCCC5)cc4)c4ccc(C=C5CCCCC5)cc4)cc3)c3ccccc23)cc1. The number of rotatable bonds is 16. The molecule has 10 aromatic rings. The van der Waals surface area contributed by atoms with Crippen molar-refractivity contribution in [3.05, 3.63) is 320 Å². The van der Waals surface area contributed by atoms with Gasteiger partial charge < -0.3 is 9.80 Å². The van der Waals surface area contributed by atoms with Crippen LogP contribution in [0, 0.1) is 13.8 Å². The Kier molecular flexibility index (Phi) is 19.5. The van der Waals surface area contributed by atoms with Crippen molar-refractivity contribution in [3.63, 3.8) is 0 Å². The third kappa shape index (κ3) is 15.1. The van der Waals surface area contributed by atoms with Gasteiger partial charge in [-0.2, -0.15) is 0 Å². The van der Waals surface area contributed by atoms with Gasteiger partial charge in [-0.05, 0) is 256 Å². The molecule has 0 aromatic heterocycles. The van der Waals surface area contributed by atoms with Crippen molar-refractivity contribution in [2.24, 2.45) is 0 Å². The van der Waals surface area contributed by atoms with Gasteiger partial charge in [-0.15, -0.1) is 0 Å². The number of hydrogen-bond donors (Lipinski definition) is 0. The van der Waals surface area contributed by atoms with Gasteiger partial charge in [0, 0.05) is 33.5 Å². The standard InChI is InChI=1S/C92H90N2/c1-67-27-51-83(52-28-67)93(85-55-39-77(40-56-85)65-89(79-43-31-73(32-44-79)61-69-17-7-3-8-18-69)80-45-33-74(34-46-80)62-70-19-9-4-10-20-70)91-59-60-92(88-26-16-15-25-87(88)91)94(84-53-29-68(2)30-54-84)86-57-41-78(42-58-86)66-90(81-47-35-75(36-48-81)63-71-21-11-5-12-22-71)82-49-37-76(38-50-82)64-72-23-13-6-14-24-72/h15-16,25-66H,3-14,17-24H2,1-2H3. The average molecular weight is 1220 g/mol. The number of hydrogen-bond acceptors (Lipinski definition) is 2. The fourth-order valence-corrected chi connectivity index (χ4v) is 14.9. The Morgan fingerprint density at radius 1 is 0.245 bits per heavy atom. The first-order valence-corrected chi connectivity index (χ1v) is 35.4. The van der Waals surface area contributed by atoms with Crippen molar-refractivity contribution in [2.75, 3.05) is 9.80 Å². The van der Waals surface area contributed by atoms with Gasteiger partial charge in [-0.25, -0.2) is 0 Å². The summed E-state index contributed by atoms with van der Waals surface area (Å²) in [5.41, 5.74) is 30.3. The van der Waals surface area contributed by atoms with Gasteiger partial charge >= 0.3 is 0 Å². The van der Waals surface area contributed by atoms with Crippen LogP contribution in [0.2, 0.25) is 0 Å². The molecule has 0 saturated heterocycles. The first kappa shape index (κ1) is 62.0. The Morgan fingerprint density at radius 3 is 0.734 bits per heavy atom. The molecule has 14 rings (SSSR count). The third-order valence-electron chi connectivity index (χ3n) is 20.2. The molecule has 94 heavy (non-hydrogen) atoms. The molecule has 4 aliphatic rings. The minimum atomic E-state index is 1.10. The van der Waals surface area contributed by atoms with E-state index in [0.29, 0.717) is 0 Å². The fraction of sp³-hybridized carbons (Fsp3) is 0.239. The van der Waals surface area contributed by atoms with Crippen molar-refractivity contribution in [3.8, 4) is 0 Å². The molecule has 0 bridgehead atoms. The van der Waals surface area contributed by atoms with Crippen LogP contribution in [-0.4, -0.2) is 0 Å². The van der Waals surface area contributed by atoms with Crippen LogP contribution < -0.4 is 9.80 Å². The van der Waals surface area contributed by atoms with Gasteiger partial charge in [0.15, 0.2) is 0 Å². The Labute approximate surface area is 560 Å². The van der Waals surface area contributed by atoms with E-state index in [4.69, 9.17) is 0 Å². The number of fused-ring (bicyclic) bond motifs is 1. The summed E-state index contributed by atoms with van der Waals surface area (Å²) < 4.78 is 0. The largest absolute Gasteiger partial charge is 0.310 e. The van der Waals surface area contributed by atoms with E-state index in [1.807, 2.05) is 0 Å². The number of aryl methyl sites for hydroxylation is 2. The summed E-state index contributed by atoms with van der Waals surface area (Å²) in [6.07, 6.45) is 40.2. The Bertz CT molecular complexity index is 3950. The number of benzene rings is 10. The zero-order valence-corrected chi connectivity index (χ0v) is 55.4. The highest BCUT2D eigenvalue weighted by Crippen LogP contribution is 2.46. The lowest BCUT2D eigenvalue weighted by Gasteiger charge is -2.31. The fourth-order valence-electron chi connectivity index (χ4n) is 14.9. The summed E-state index contributed by atoms with van der Waals surface area (Å²) in [6.45, 7) is 4.34. The Balaban J connectivity index is 0.810. The summed E-state index contributed by atoms with van der Waals surface area (Å²) in [7, 11) is 0. The first-order chi connectivity index (χ1) is 46.3. The molecule has 2 heteroatoms. The van der Waals surface area contributed by atoms with Crippen molar-refractivity contribution < 1.29 is 0 Å². The minimum Gasteiger partial charge on any atom is -0.310 e. The van der Waals surface area contributed by atoms with E-state index >= 15 is 0 Å². The van der Waals surface area contributed by atoms with E-state index in [0.717, 1.165) is 45.3 Å². The summed E-state index contributed by atoms with van der Waals surface area (Å²) in [5.74, 6) is 0. The van der Waals surface area contributed by atoms with Crippen LogP contribution in [0.1, 0.15) is 195 Å². The minimum absolute atomic E-state index is 1.10. The van der Waals surface area contributed by atoms with E-state index in [-0.39, 0.29) is 0 Å². The maximum Gasteiger partial charge on any atom is 0.0541 e. The van der Waals surface area contributed by atoms with Crippen LogP contribution in [0.15, 0.2) is 253 Å². The van der Waals surface area contributed by atoms with Crippen LogP contribution in [-0.2, 0) is 0 Å². The van der Waals surface area contributed by atoms with Crippen molar-refractivity contribution in [1.29, 1.82) is 0 Å². The molecule has 4 aliphatic carbocycles. The number of allylic oxidation sites excluding steroid dienone is 4. The summed E-state index contributed by atoms with van der Waals surface area (Å²) in [4.78, 5) is 4.88. The zero-order chi connectivity index (χ0) is 63.4. The molecule has 4 saturated carbocycles. The number of anilines is 6. The van der Waals surface area contributed by atoms with E-state index in [1.165, 1.54) is 206 Å². The predicted molar refractivity (Wildman–Crippen MR) is 407 cm³/mol. The molecular formula is C92H90N2. The highest BCUT2D eigenvalue weighted by Gasteiger charge is 2.22. The van der Waals surface area contributed by atoms with Gasteiger partial charge in [-0.1, -0.05) is 253 Å². The smallest absolute Gasteiger partial charge is 0.0541 e. The maximum atomic E-state index is 2.44. The highest BCUT2D eigenvalue weighted by molar-refractivity contribution is 6.07. The van der Waals surface area contributed by atoms with Gasteiger partial charge in [0.25, 0.3) is 0 Å². The quantitative estimate of drug-likeness (QED) is 0.0890. The maximum absolute atomic E-state index is 2.44. The topological polar surface area (TPSA) is 6.48 Å². The molecular weight excluding hydrogens is 1130 g/mol. The second-order valence-electron chi connectivity index (χ2n) is 27.2. The van der Waals surface area contributed by atoms with E-state index in [9.17, 15) is 0 Å². The normalized spacial score (nSPS) is 15.0. The lowest BCUT2D eigenvalue weighted by molar-refractivity contribution is 0.602. The molecule has 0 atom stereocenters. The summed E-state index contributed by atoms with van der Waals surface area (Å²) in [6, 6.07) is 87.3. The molecule has 468 valence electrons. The molecule has 0 radical (unpaired) electrons. The van der Waals surface area contributed by atoms with Crippen LogP contribution in [0.25, 0.3) is 58.4 Å². The number of nitrogens with zero attached hydrogens (tertiary/aromatic N) is 2. The molecule has 0 unspecified atom stereocenters. The van der Waals surface area contributed by atoms with Crippen LogP contribution in [0.5, 0.6) is 0 Å². The second-order valence-corrected chi connectivity index (χ2v) is 27.2. The third-order valence-corrected chi connectivity index (χ3v) is 20.2. The van der Waals surface area contributed by atoms with E-state index < -0.39 is 0 Å². The summed E-state index contributed by atoms with van der Waals surface area (Å²) >= 11 is 0. The lowest BCUT2D eigenvalue weighted by Crippen LogP contribution is -2.13. The predicted octanol–water partition coefficient (Wildman–Crippen LogP) is 27.0. The van der Waals surface area contributed by atoms with Crippen LogP contribution >= 0.6 is 0 Å². The van der Waals surface area contributed by atoms with E-state index in [1.54, 1.807) is 22.3 Å². The zero-order valence-electron chi connectivity index (χ0n) is 55.4. The molecule has 0 N–H and O–H groups in total. The van der Waals surface area contributed by atoms with Crippen molar-refractivity contribution in [2.45, 2.75) is 142 Å². The summed E-state index contributed by atoms with van der Waals surface area (Å²) in [5, 5.41) is 2.33. The second kappa shape index (κ2) is 29.6. The van der Waals surface area contributed by atoms with Crippen LogP contribution in [0.3, 0.4) is 0 Å². The van der Waals surface area contributed by atoms with Gasteiger partial charge in [0.05, 0.1) is 11.4 Å². The average Bonchev–Trinajstić information content (AvgIpc) is 0.768. The van der Waals surface area contributed by atoms with Gasteiger partial charge in [-0.3, -0.25) is 0 Å². The Morgan fingerprint density at radius 2 is 0.479 bits per heavy atom. The molecule has 0 amide bonds.